The molecule has 7 nitrogen and oxygen atoms in total. The summed E-state index contributed by atoms with van der Waals surface area (Å²) in [5.41, 5.74) is 3.63. The van der Waals surface area contributed by atoms with Crippen molar-refractivity contribution in [3.8, 4) is 0 Å². The van der Waals surface area contributed by atoms with Crippen molar-refractivity contribution in [2.24, 2.45) is 0 Å². The number of hydrogen-bond acceptors (Lipinski definition) is 5. The van der Waals surface area contributed by atoms with Gasteiger partial charge in [-0.1, -0.05) is 12.1 Å². The number of nitro benzene ring substituents is 1. The molecular formula is C21H21N3O4S. The second-order valence-corrected chi connectivity index (χ2v) is 7.01. The highest BCUT2D eigenvalue weighted by molar-refractivity contribution is 7.80. The molecule has 1 atom stereocenters. The molecule has 0 fully saturated rings. The van der Waals surface area contributed by atoms with Crippen LogP contribution < -0.4 is 10.2 Å². The number of benzene rings is 2. The first-order valence-corrected chi connectivity index (χ1v) is 9.53. The largest absolute Gasteiger partial charge is 0.463 e. The molecule has 0 amide bonds. The van der Waals surface area contributed by atoms with E-state index in [1.165, 1.54) is 12.1 Å². The van der Waals surface area contributed by atoms with Crippen LogP contribution in [-0.2, 0) is 9.53 Å². The molecule has 0 radical (unpaired) electrons. The van der Waals surface area contributed by atoms with Gasteiger partial charge in [0.2, 0.25) is 0 Å². The summed E-state index contributed by atoms with van der Waals surface area (Å²) in [4.78, 5) is 25.1. The van der Waals surface area contributed by atoms with E-state index in [1.807, 2.05) is 38.1 Å². The van der Waals surface area contributed by atoms with E-state index in [1.54, 1.807) is 24.0 Å². The molecule has 0 aromatic heterocycles. The number of carbonyl (C=O) groups excluding carboxylic acids is 1. The summed E-state index contributed by atoms with van der Waals surface area (Å²) in [5.74, 6) is -0.457. The fourth-order valence-electron chi connectivity index (χ4n) is 3.33. The van der Waals surface area contributed by atoms with Crippen LogP contribution in [-0.4, -0.2) is 22.6 Å². The van der Waals surface area contributed by atoms with E-state index in [2.05, 4.69) is 5.32 Å². The minimum atomic E-state index is -0.566. The number of nitro groups is 1. The summed E-state index contributed by atoms with van der Waals surface area (Å²) < 4.78 is 5.29. The molecule has 29 heavy (non-hydrogen) atoms. The van der Waals surface area contributed by atoms with Gasteiger partial charge in [0.05, 0.1) is 23.1 Å². The molecule has 0 unspecified atom stereocenters. The summed E-state index contributed by atoms with van der Waals surface area (Å²) in [6.45, 7) is 5.78. The molecule has 1 aliphatic heterocycles. The van der Waals surface area contributed by atoms with Crippen LogP contribution in [0.25, 0.3) is 0 Å². The first-order valence-electron chi connectivity index (χ1n) is 9.13. The molecule has 8 heteroatoms. The molecular weight excluding hydrogens is 390 g/mol. The van der Waals surface area contributed by atoms with E-state index < -0.39 is 16.9 Å². The summed E-state index contributed by atoms with van der Waals surface area (Å²) in [7, 11) is 0. The average Bonchev–Trinajstić information content (AvgIpc) is 2.67. The maximum Gasteiger partial charge on any atom is 0.338 e. The van der Waals surface area contributed by atoms with Crippen LogP contribution in [0.1, 0.15) is 31.0 Å². The van der Waals surface area contributed by atoms with Gasteiger partial charge in [-0.05, 0) is 68.4 Å². The Hall–Kier alpha value is -3.26. The zero-order valence-corrected chi connectivity index (χ0v) is 17.2. The summed E-state index contributed by atoms with van der Waals surface area (Å²) in [6.07, 6.45) is 0. The van der Waals surface area contributed by atoms with Gasteiger partial charge in [-0.15, -0.1) is 0 Å². The van der Waals surface area contributed by atoms with Gasteiger partial charge in [0, 0.05) is 23.5 Å². The van der Waals surface area contributed by atoms with E-state index >= 15 is 0 Å². The van der Waals surface area contributed by atoms with Gasteiger partial charge in [-0.2, -0.15) is 0 Å². The zero-order valence-electron chi connectivity index (χ0n) is 16.3. The second-order valence-electron chi connectivity index (χ2n) is 6.63. The number of non-ortho nitro benzene ring substituents is 1. The summed E-state index contributed by atoms with van der Waals surface area (Å²) >= 11 is 5.60. The van der Waals surface area contributed by atoms with Crippen molar-refractivity contribution in [3.05, 3.63) is 81.0 Å². The monoisotopic (exact) mass is 411 g/mol. The molecule has 1 heterocycles. The van der Waals surface area contributed by atoms with E-state index in [-0.39, 0.29) is 12.3 Å². The third-order valence-corrected chi connectivity index (χ3v) is 4.98. The fraction of sp³-hybridized carbons (Fsp3) is 0.238. The number of aryl methyl sites for hydroxylation is 1. The molecule has 1 N–H and O–H groups in total. The normalized spacial score (nSPS) is 16.4. The van der Waals surface area contributed by atoms with E-state index in [4.69, 9.17) is 17.0 Å². The Balaban J connectivity index is 2.11. The third kappa shape index (κ3) is 4.12. The number of nitrogens with one attached hydrogen (secondary N) is 1. The third-order valence-electron chi connectivity index (χ3n) is 4.68. The average molecular weight is 411 g/mol. The number of ether oxygens (including phenoxy) is 1. The first-order chi connectivity index (χ1) is 13.8. The van der Waals surface area contributed by atoms with Crippen molar-refractivity contribution in [2.75, 3.05) is 11.5 Å². The molecule has 1 aliphatic rings. The van der Waals surface area contributed by atoms with Gasteiger partial charge in [0.1, 0.15) is 0 Å². The quantitative estimate of drug-likeness (QED) is 0.342. The first kappa shape index (κ1) is 20.5. The number of hydrogen-bond donors (Lipinski definition) is 1. The van der Waals surface area contributed by atoms with Crippen molar-refractivity contribution in [2.45, 2.75) is 26.8 Å². The van der Waals surface area contributed by atoms with Gasteiger partial charge in [-0.25, -0.2) is 4.79 Å². The molecule has 0 aliphatic carbocycles. The number of thiocarbonyl (C=S) groups is 1. The molecule has 2 aromatic rings. The topological polar surface area (TPSA) is 84.7 Å². The number of esters is 1. The van der Waals surface area contributed by atoms with Gasteiger partial charge >= 0.3 is 5.97 Å². The van der Waals surface area contributed by atoms with Crippen LogP contribution in [0.5, 0.6) is 0 Å². The smallest absolute Gasteiger partial charge is 0.338 e. The highest BCUT2D eigenvalue weighted by atomic mass is 32.1. The lowest BCUT2D eigenvalue weighted by atomic mass is 9.94. The lowest BCUT2D eigenvalue weighted by Gasteiger charge is -2.37. The highest BCUT2D eigenvalue weighted by Crippen LogP contribution is 2.35. The second kappa shape index (κ2) is 8.40. The van der Waals surface area contributed by atoms with Gasteiger partial charge in [0.15, 0.2) is 5.11 Å². The number of rotatable bonds is 5. The van der Waals surface area contributed by atoms with Crippen LogP contribution in [0.2, 0.25) is 0 Å². The van der Waals surface area contributed by atoms with Crippen LogP contribution >= 0.6 is 12.2 Å². The predicted molar refractivity (Wildman–Crippen MR) is 115 cm³/mol. The van der Waals surface area contributed by atoms with Crippen molar-refractivity contribution < 1.29 is 14.5 Å². The molecule has 150 valence electrons. The number of nitrogens with zero attached hydrogens (tertiary/aromatic N) is 2. The minimum absolute atomic E-state index is 0.0214. The Labute approximate surface area is 174 Å². The van der Waals surface area contributed by atoms with Crippen molar-refractivity contribution in [3.63, 3.8) is 0 Å². The number of allylic oxidation sites excluding steroid dienone is 1. The van der Waals surface area contributed by atoms with Gasteiger partial charge < -0.3 is 10.1 Å². The molecule has 3 rings (SSSR count). The van der Waals surface area contributed by atoms with Gasteiger partial charge in [-0.3, -0.25) is 15.0 Å². The molecule has 0 bridgehead atoms. The van der Waals surface area contributed by atoms with Crippen LogP contribution in [0.4, 0.5) is 11.4 Å². The number of carbonyl (C=O) groups is 1. The lowest BCUT2D eigenvalue weighted by Crippen LogP contribution is -2.48. The summed E-state index contributed by atoms with van der Waals surface area (Å²) in [6, 6.07) is 13.3. The van der Waals surface area contributed by atoms with Crippen molar-refractivity contribution >= 4 is 34.7 Å². The standard InChI is InChI=1S/C21H21N3O4S/c1-4-28-20(25)18-14(3)23(17-7-5-6-13(2)12-17)21(29)22-19(18)15-8-10-16(11-9-15)24(26)27/h5-12,19H,4H2,1-3H3,(H,22,29)/t19-/m1/s1. The van der Waals surface area contributed by atoms with Gasteiger partial charge in [0.25, 0.3) is 5.69 Å². The zero-order chi connectivity index (χ0) is 21.1. The predicted octanol–water partition coefficient (Wildman–Crippen LogP) is 4.18. The number of anilines is 1. The van der Waals surface area contributed by atoms with Crippen molar-refractivity contribution in [1.29, 1.82) is 0 Å². The van der Waals surface area contributed by atoms with E-state index in [9.17, 15) is 14.9 Å². The lowest BCUT2D eigenvalue weighted by molar-refractivity contribution is -0.384. The fourth-order valence-corrected chi connectivity index (χ4v) is 3.69. The Morgan fingerprint density at radius 3 is 2.52 bits per heavy atom. The SMILES string of the molecule is CCOC(=O)C1=C(C)N(c2cccc(C)c2)C(=S)N[C@@H]1c1ccc([N+](=O)[O-])cc1. The Bertz CT molecular complexity index is 1000. The molecule has 0 spiro atoms. The maximum atomic E-state index is 12.8. The summed E-state index contributed by atoms with van der Waals surface area (Å²) in [5, 5.41) is 14.6. The van der Waals surface area contributed by atoms with Crippen LogP contribution in [0.15, 0.2) is 59.8 Å². The Kier molecular flexibility index (Phi) is 5.93. The van der Waals surface area contributed by atoms with E-state index in [0.29, 0.717) is 21.9 Å². The Morgan fingerprint density at radius 2 is 1.93 bits per heavy atom. The molecule has 2 aromatic carbocycles. The van der Waals surface area contributed by atoms with Crippen LogP contribution in [0, 0.1) is 17.0 Å². The van der Waals surface area contributed by atoms with Crippen molar-refractivity contribution in [1.82, 2.24) is 5.32 Å². The Morgan fingerprint density at radius 1 is 1.24 bits per heavy atom. The highest BCUT2D eigenvalue weighted by Gasteiger charge is 2.35. The van der Waals surface area contributed by atoms with E-state index in [0.717, 1.165) is 11.3 Å². The van der Waals surface area contributed by atoms with Crippen LogP contribution in [0.3, 0.4) is 0 Å². The maximum absolute atomic E-state index is 12.8. The molecule has 0 saturated heterocycles. The minimum Gasteiger partial charge on any atom is -0.463 e. The molecule has 0 saturated carbocycles.